The summed E-state index contributed by atoms with van der Waals surface area (Å²) in [6.45, 7) is 9.90. The van der Waals surface area contributed by atoms with Gasteiger partial charge in [-0.1, -0.05) is 44.2 Å². The fourth-order valence-electron chi connectivity index (χ4n) is 2.66. The molecule has 26 heavy (non-hydrogen) atoms. The maximum atomic E-state index is 10.7. The van der Waals surface area contributed by atoms with E-state index in [2.05, 4.69) is 53.8 Å². The molecule has 1 unspecified atom stereocenters. The van der Waals surface area contributed by atoms with Gasteiger partial charge in [-0.15, -0.1) is 0 Å². The van der Waals surface area contributed by atoms with Crippen molar-refractivity contribution in [2.75, 3.05) is 19.6 Å². The number of aliphatic imine (C=N–C) groups is 1. The molecule has 3 N–H and O–H groups in total. The Hall–Kier alpha value is -2.34. The first kappa shape index (κ1) is 20.0. The highest BCUT2D eigenvalue weighted by molar-refractivity contribution is 5.79. The zero-order chi connectivity index (χ0) is 19.2. The van der Waals surface area contributed by atoms with Gasteiger partial charge in [-0.3, -0.25) is 9.67 Å². The summed E-state index contributed by atoms with van der Waals surface area (Å²) in [5.41, 5.74) is 0.921. The lowest BCUT2D eigenvalue weighted by atomic mass is 9.85. The summed E-state index contributed by atoms with van der Waals surface area (Å²) >= 11 is 0. The second-order valence-electron chi connectivity index (χ2n) is 7.48. The van der Waals surface area contributed by atoms with E-state index in [0.717, 1.165) is 12.1 Å². The van der Waals surface area contributed by atoms with Crippen molar-refractivity contribution in [2.24, 2.45) is 12.0 Å². The Kier molecular flexibility index (Phi) is 6.42. The molecule has 0 aliphatic rings. The predicted octanol–water partition coefficient (Wildman–Crippen LogP) is 2.16. The molecular weight excluding hydrogens is 326 g/mol. The number of hydrogen-bond acceptors (Lipinski definition) is 3. The minimum absolute atomic E-state index is 0.0739. The van der Waals surface area contributed by atoms with Crippen LogP contribution in [0.5, 0.6) is 0 Å². The highest BCUT2D eigenvalue weighted by Gasteiger charge is 2.25. The molecule has 6 nitrogen and oxygen atoms in total. The second kappa shape index (κ2) is 8.36. The first-order chi connectivity index (χ1) is 12.2. The maximum Gasteiger partial charge on any atom is 0.191 e. The molecule has 0 amide bonds. The van der Waals surface area contributed by atoms with Gasteiger partial charge in [0, 0.05) is 30.8 Å². The molecule has 1 atom stereocenters. The van der Waals surface area contributed by atoms with Crippen molar-refractivity contribution >= 4 is 5.96 Å². The van der Waals surface area contributed by atoms with Gasteiger partial charge in [0.2, 0.25) is 0 Å². The smallest absolute Gasteiger partial charge is 0.191 e. The standard InChI is InChI=1S/C20H31N5O/c1-6-21-18(22-14-19(2,3)16-10-8-7-9-11-16)23-15-20(4,26)17-12-24-25(5)13-17/h7-13,26H,6,14-15H2,1-5H3,(H2,21,22,23). The van der Waals surface area contributed by atoms with Gasteiger partial charge in [0.1, 0.15) is 5.60 Å². The average molecular weight is 358 g/mol. The molecule has 2 aromatic rings. The van der Waals surface area contributed by atoms with Crippen LogP contribution < -0.4 is 10.6 Å². The first-order valence-corrected chi connectivity index (χ1v) is 9.04. The van der Waals surface area contributed by atoms with E-state index in [1.165, 1.54) is 5.56 Å². The van der Waals surface area contributed by atoms with E-state index in [1.807, 2.05) is 26.2 Å². The molecule has 0 aliphatic carbocycles. The van der Waals surface area contributed by atoms with E-state index in [-0.39, 0.29) is 5.41 Å². The molecule has 6 heteroatoms. The third kappa shape index (κ3) is 5.33. The van der Waals surface area contributed by atoms with Crippen LogP contribution in [0.25, 0.3) is 0 Å². The van der Waals surface area contributed by atoms with Crippen LogP contribution >= 0.6 is 0 Å². The monoisotopic (exact) mass is 357 g/mol. The summed E-state index contributed by atoms with van der Waals surface area (Å²) in [5.74, 6) is 0.695. The van der Waals surface area contributed by atoms with Crippen molar-refractivity contribution in [3.63, 3.8) is 0 Å². The molecule has 0 radical (unpaired) electrons. The topological polar surface area (TPSA) is 74.5 Å². The third-order valence-electron chi connectivity index (χ3n) is 4.46. The summed E-state index contributed by atoms with van der Waals surface area (Å²) in [7, 11) is 1.84. The van der Waals surface area contributed by atoms with Crippen molar-refractivity contribution in [3.05, 3.63) is 53.9 Å². The second-order valence-corrected chi connectivity index (χ2v) is 7.48. The molecule has 0 aliphatic heterocycles. The van der Waals surface area contributed by atoms with Crippen LogP contribution in [-0.2, 0) is 18.1 Å². The zero-order valence-corrected chi connectivity index (χ0v) is 16.5. The molecule has 1 aromatic carbocycles. The lowest BCUT2D eigenvalue weighted by Gasteiger charge is -2.26. The number of aromatic nitrogens is 2. The lowest BCUT2D eigenvalue weighted by molar-refractivity contribution is 0.0616. The number of rotatable bonds is 7. The third-order valence-corrected chi connectivity index (χ3v) is 4.46. The normalized spacial score (nSPS) is 14.8. The van der Waals surface area contributed by atoms with Crippen LogP contribution in [0.1, 0.15) is 38.8 Å². The summed E-state index contributed by atoms with van der Waals surface area (Å²) in [5, 5.41) is 21.3. The number of guanidine groups is 1. The Morgan fingerprint density at radius 3 is 2.42 bits per heavy atom. The van der Waals surface area contributed by atoms with E-state index in [9.17, 15) is 5.11 Å². The van der Waals surface area contributed by atoms with Crippen molar-refractivity contribution in [1.82, 2.24) is 20.4 Å². The molecule has 0 saturated carbocycles. The molecular formula is C20H31N5O. The van der Waals surface area contributed by atoms with Crippen molar-refractivity contribution in [2.45, 2.75) is 38.7 Å². The fraction of sp³-hybridized carbons (Fsp3) is 0.500. The Balaban J connectivity index is 2.04. The van der Waals surface area contributed by atoms with Crippen molar-refractivity contribution in [3.8, 4) is 0 Å². The maximum absolute atomic E-state index is 10.7. The van der Waals surface area contributed by atoms with E-state index in [0.29, 0.717) is 19.0 Å². The van der Waals surface area contributed by atoms with Gasteiger partial charge in [-0.25, -0.2) is 0 Å². The Morgan fingerprint density at radius 2 is 1.85 bits per heavy atom. The van der Waals surface area contributed by atoms with Gasteiger partial charge in [0.05, 0.1) is 19.3 Å². The number of nitrogens with zero attached hydrogens (tertiary/aromatic N) is 3. The Bertz CT molecular complexity index is 719. The zero-order valence-electron chi connectivity index (χ0n) is 16.5. The molecule has 2 rings (SSSR count). The number of benzene rings is 1. The number of aryl methyl sites for hydroxylation is 1. The van der Waals surface area contributed by atoms with Crippen LogP contribution in [-0.4, -0.2) is 40.5 Å². The quantitative estimate of drug-likeness (QED) is 0.524. The average Bonchev–Trinajstić information content (AvgIpc) is 3.06. The summed E-state index contributed by atoms with van der Waals surface area (Å²) < 4.78 is 1.69. The van der Waals surface area contributed by atoms with Gasteiger partial charge in [-0.05, 0) is 19.4 Å². The van der Waals surface area contributed by atoms with E-state index in [4.69, 9.17) is 4.99 Å². The molecule has 0 spiro atoms. The molecule has 1 aromatic heterocycles. The SMILES string of the molecule is CCNC(=NCC(C)(C)c1ccccc1)NCC(C)(O)c1cnn(C)c1. The van der Waals surface area contributed by atoms with Crippen LogP contribution in [0.2, 0.25) is 0 Å². The summed E-state index contributed by atoms with van der Waals surface area (Å²) in [4.78, 5) is 4.73. The van der Waals surface area contributed by atoms with Gasteiger partial charge < -0.3 is 15.7 Å². The molecule has 0 saturated heterocycles. The van der Waals surface area contributed by atoms with Crippen molar-refractivity contribution < 1.29 is 5.11 Å². The highest BCUT2D eigenvalue weighted by Crippen LogP contribution is 2.23. The van der Waals surface area contributed by atoms with Gasteiger partial charge in [0.15, 0.2) is 5.96 Å². The van der Waals surface area contributed by atoms with Crippen molar-refractivity contribution in [1.29, 1.82) is 0 Å². The minimum Gasteiger partial charge on any atom is -0.383 e. The predicted molar refractivity (Wildman–Crippen MR) is 106 cm³/mol. The summed E-state index contributed by atoms with van der Waals surface area (Å²) in [6.07, 6.45) is 3.51. The molecule has 142 valence electrons. The number of nitrogens with one attached hydrogen (secondary N) is 2. The Morgan fingerprint density at radius 1 is 1.15 bits per heavy atom. The van der Waals surface area contributed by atoms with Crippen LogP contribution in [0, 0.1) is 0 Å². The van der Waals surface area contributed by atoms with E-state index < -0.39 is 5.60 Å². The summed E-state index contributed by atoms with van der Waals surface area (Å²) in [6, 6.07) is 10.4. The van der Waals surface area contributed by atoms with Crippen LogP contribution in [0.15, 0.2) is 47.7 Å². The van der Waals surface area contributed by atoms with Gasteiger partial charge in [0.25, 0.3) is 0 Å². The van der Waals surface area contributed by atoms with Gasteiger partial charge >= 0.3 is 0 Å². The minimum atomic E-state index is -1.03. The first-order valence-electron chi connectivity index (χ1n) is 9.04. The van der Waals surface area contributed by atoms with E-state index in [1.54, 1.807) is 17.8 Å². The largest absolute Gasteiger partial charge is 0.383 e. The highest BCUT2D eigenvalue weighted by atomic mass is 16.3. The molecule has 0 fully saturated rings. The molecule has 1 heterocycles. The van der Waals surface area contributed by atoms with Crippen LogP contribution in [0.3, 0.4) is 0 Å². The lowest BCUT2D eigenvalue weighted by Crippen LogP contribution is -2.45. The number of hydrogen-bond donors (Lipinski definition) is 3. The number of aliphatic hydroxyl groups is 1. The van der Waals surface area contributed by atoms with E-state index >= 15 is 0 Å². The van der Waals surface area contributed by atoms with Gasteiger partial charge in [-0.2, -0.15) is 5.10 Å². The van der Waals surface area contributed by atoms with Crippen LogP contribution in [0.4, 0.5) is 0 Å². The molecule has 0 bridgehead atoms. The fourth-order valence-corrected chi connectivity index (χ4v) is 2.66. The Labute approximate surface area is 156 Å².